The summed E-state index contributed by atoms with van der Waals surface area (Å²) in [7, 11) is 1.62. The first-order valence-electron chi connectivity index (χ1n) is 6.27. The summed E-state index contributed by atoms with van der Waals surface area (Å²) in [5.41, 5.74) is 3.10. The van der Waals surface area contributed by atoms with Crippen LogP contribution >= 0.6 is 0 Å². The summed E-state index contributed by atoms with van der Waals surface area (Å²) in [5, 5.41) is 13.6. The van der Waals surface area contributed by atoms with Crippen LogP contribution < -0.4 is 10.1 Å². The molecule has 1 aliphatic rings. The molecule has 0 atom stereocenters. The first kappa shape index (κ1) is 12.0. The van der Waals surface area contributed by atoms with Crippen LogP contribution in [0.3, 0.4) is 0 Å². The lowest BCUT2D eigenvalue weighted by atomic mass is 10.1. The van der Waals surface area contributed by atoms with Gasteiger partial charge in [-0.3, -0.25) is 0 Å². The maximum Gasteiger partial charge on any atom is 0.338 e. The Balaban J connectivity index is 2.49. The van der Waals surface area contributed by atoms with Crippen LogP contribution in [0.2, 0.25) is 0 Å². The second-order valence-electron chi connectivity index (χ2n) is 4.76. The molecule has 5 heteroatoms. The van der Waals surface area contributed by atoms with Crippen molar-refractivity contribution in [1.82, 2.24) is 9.88 Å². The van der Waals surface area contributed by atoms with E-state index in [-0.39, 0.29) is 0 Å². The molecule has 0 unspecified atom stereocenters. The number of nitrogens with one attached hydrogen (secondary N) is 1. The number of hydrogen-bond acceptors (Lipinski definition) is 3. The van der Waals surface area contributed by atoms with Gasteiger partial charge in [-0.1, -0.05) is 6.07 Å². The Bertz CT molecular complexity index is 673. The molecule has 1 aliphatic heterocycles. The van der Waals surface area contributed by atoms with E-state index in [0.717, 1.165) is 41.0 Å². The summed E-state index contributed by atoms with van der Waals surface area (Å²) in [6, 6.07) is 3.81. The minimum Gasteiger partial charge on any atom is -0.495 e. The lowest BCUT2D eigenvalue weighted by molar-refractivity contribution is 0.0697. The molecule has 2 heterocycles. The molecular formula is C14H16N2O3. The van der Waals surface area contributed by atoms with E-state index in [1.807, 2.05) is 19.1 Å². The quantitative estimate of drug-likeness (QED) is 0.863. The Kier molecular flexibility index (Phi) is 2.71. The first-order valence-corrected chi connectivity index (χ1v) is 6.27. The van der Waals surface area contributed by atoms with Crippen molar-refractivity contribution in [3.8, 4) is 5.75 Å². The predicted molar refractivity (Wildman–Crippen MR) is 71.9 cm³/mol. The SMILES string of the molecule is COc1ccc(C)c2c(C(=O)O)c3n(c12)CCNC3. The largest absolute Gasteiger partial charge is 0.495 e. The number of benzene rings is 1. The number of carbonyl (C=O) groups is 1. The van der Waals surface area contributed by atoms with Gasteiger partial charge in [0, 0.05) is 30.7 Å². The van der Waals surface area contributed by atoms with Crippen LogP contribution in [0.25, 0.3) is 10.9 Å². The smallest absolute Gasteiger partial charge is 0.338 e. The number of aromatic carboxylic acids is 1. The number of fused-ring (bicyclic) bond motifs is 3. The third kappa shape index (κ3) is 1.62. The fourth-order valence-corrected chi connectivity index (χ4v) is 2.89. The number of carboxylic acids is 1. The Morgan fingerprint density at radius 1 is 1.47 bits per heavy atom. The fraction of sp³-hybridized carbons (Fsp3) is 0.357. The molecule has 3 rings (SSSR count). The van der Waals surface area contributed by atoms with Crippen LogP contribution in [0.4, 0.5) is 0 Å². The Hall–Kier alpha value is -2.01. The normalized spacial score (nSPS) is 14.4. The molecule has 0 fully saturated rings. The zero-order valence-electron chi connectivity index (χ0n) is 11.0. The molecule has 0 spiro atoms. The summed E-state index contributed by atoms with van der Waals surface area (Å²) in [5.74, 6) is -0.143. The van der Waals surface area contributed by atoms with Crippen LogP contribution in [0, 0.1) is 6.92 Å². The van der Waals surface area contributed by atoms with E-state index < -0.39 is 5.97 Å². The molecule has 1 aromatic heterocycles. The Morgan fingerprint density at radius 2 is 2.26 bits per heavy atom. The molecule has 0 saturated carbocycles. The minimum atomic E-state index is -0.876. The topological polar surface area (TPSA) is 63.5 Å². The zero-order chi connectivity index (χ0) is 13.6. The lowest BCUT2D eigenvalue weighted by Gasteiger charge is -2.18. The number of aromatic nitrogens is 1. The number of ether oxygens (including phenoxy) is 1. The highest BCUT2D eigenvalue weighted by atomic mass is 16.5. The number of methoxy groups -OCH3 is 1. The van der Waals surface area contributed by atoms with Crippen LogP contribution in [0.15, 0.2) is 12.1 Å². The van der Waals surface area contributed by atoms with Crippen molar-refractivity contribution in [2.45, 2.75) is 20.0 Å². The fourth-order valence-electron chi connectivity index (χ4n) is 2.89. The zero-order valence-corrected chi connectivity index (χ0v) is 11.0. The van der Waals surface area contributed by atoms with E-state index in [1.165, 1.54) is 0 Å². The highest BCUT2D eigenvalue weighted by Crippen LogP contribution is 2.36. The number of rotatable bonds is 2. The molecule has 2 aromatic rings. The van der Waals surface area contributed by atoms with Crippen LogP contribution in [0.5, 0.6) is 5.75 Å². The molecule has 0 saturated heterocycles. The van der Waals surface area contributed by atoms with Crippen LogP contribution in [0.1, 0.15) is 21.6 Å². The van der Waals surface area contributed by atoms with E-state index >= 15 is 0 Å². The van der Waals surface area contributed by atoms with Crippen molar-refractivity contribution in [1.29, 1.82) is 0 Å². The molecule has 0 bridgehead atoms. The molecule has 1 aromatic carbocycles. The van der Waals surface area contributed by atoms with Gasteiger partial charge in [-0.2, -0.15) is 0 Å². The van der Waals surface area contributed by atoms with E-state index in [4.69, 9.17) is 4.74 Å². The second-order valence-corrected chi connectivity index (χ2v) is 4.76. The third-order valence-electron chi connectivity index (χ3n) is 3.72. The van der Waals surface area contributed by atoms with Crippen molar-refractivity contribution in [2.75, 3.05) is 13.7 Å². The maximum atomic E-state index is 11.6. The van der Waals surface area contributed by atoms with E-state index in [9.17, 15) is 9.90 Å². The average Bonchev–Trinajstić information content (AvgIpc) is 2.76. The van der Waals surface area contributed by atoms with Gasteiger partial charge in [0.1, 0.15) is 5.75 Å². The number of carboxylic acid groups (broad SMARTS) is 1. The molecule has 19 heavy (non-hydrogen) atoms. The van der Waals surface area contributed by atoms with Gasteiger partial charge >= 0.3 is 5.97 Å². The van der Waals surface area contributed by atoms with Crippen molar-refractivity contribution >= 4 is 16.9 Å². The van der Waals surface area contributed by atoms with E-state index in [1.54, 1.807) is 7.11 Å². The van der Waals surface area contributed by atoms with E-state index in [2.05, 4.69) is 9.88 Å². The van der Waals surface area contributed by atoms with Crippen molar-refractivity contribution in [3.63, 3.8) is 0 Å². The van der Waals surface area contributed by atoms with Gasteiger partial charge in [0.15, 0.2) is 0 Å². The van der Waals surface area contributed by atoms with Gasteiger partial charge in [0.25, 0.3) is 0 Å². The molecule has 5 nitrogen and oxygen atoms in total. The molecule has 100 valence electrons. The van der Waals surface area contributed by atoms with Gasteiger partial charge < -0.3 is 19.7 Å². The van der Waals surface area contributed by atoms with Gasteiger partial charge in [0.05, 0.1) is 18.2 Å². The minimum absolute atomic E-state index is 0.401. The highest BCUT2D eigenvalue weighted by molar-refractivity contribution is 6.08. The average molecular weight is 260 g/mol. The van der Waals surface area contributed by atoms with Crippen LogP contribution in [-0.2, 0) is 13.1 Å². The monoisotopic (exact) mass is 260 g/mol. The molecule has 0 amide bonds. The Morgan fingerprint density at radius 3 is 2.95 bits per heavy atom. The van der Waals surface area contributed by atoms with Crippen LogP contribution in [-0.4, -0.2) is 29.3 Å². The van der Waals surface area contributed by atoms with Crippen molar-refractivity contribution in [3.05, 3.63) is 29.0 Å². The molecule has 2 N–H and O–H groups in total. The molecular weight excluding hydrogens is 244 g/mol. The Labute approximate surface area is 110 Å². The van der Waals surface area contributed by atoms with Gasteiger partial charge in [-0.25, -0.2) is 4.79 Å². The maximum absolute atomic E-state index is 11.6. The first-order chi connectivity index (χ1) is 9.15. The van der Waals surface area contributed by atoms with Gasteiger partial charge in [0.2, 0.25) is 0 Å². The number of hydrogen-bond donors (Lipinski definition) is 2. The third-order valence-corrected chi connectivity index (χ3v) is 3.72. The summed E-state index contributed by atoms with van der Waals surface area (Å²) < 4.78 is 7.48. The highest BCUT2D eigenvalue weighted by Gasteiger charge is 2.26. The number of aryl methyl sites for hydroxylation is 1. The number of nitrogens with zero attached hydrogens (tertiary/aromatic N) is 1. The van der Waals surface area contributed by atoms with E-state index in [0.29, 0.717) is 12.1 Å². The van der Waals surface area contributed by atoms with Crippen molar-refractivity contribution in [2.24, 2.45) is 0 Å². The second kappa shape index (κ2) is 4.28. The lowest BCUT2D eigenvalue weighted by Crippen LogP contribution is -2.28. The summed E-state index contributed by atoms with van der Waals surface area (Å²) in [6.45, 7) is 4.12. The van der Waals surface area contributed by atoms with Gasteiger partial charge in [-0.05, 0) is 18.6 Å². The standard InChI is InChI=1S/C14H16N2O3/c1-8-3-4-10(19-2)13-11(8)12(14(17)18)9-7-15-5-6-16(9)13/h3-4,15H,5-7H2,1-2H3,(H,17,18). The summed E-state index contributed by atoms with van der Waals surface area (Å²) in [6.07, 6.45) is 0. The summed E-state index contributed by atoms with van der Waals surface area (Å²) in [4.78, 5) is 11.6. The predicted octanol–water partition coefficient (Wildman–Crippen LogP) is 1.76. The molecule has 0 aliphatic carbocycles. The van der Waals surface area contributed by atoms with Gasteiger partial charge in [-0.15, -0.1) is 0 Å². The van der Waals surface area contributed by atoms with Crippen molar-refractivity contribution < 1.29 is 14.6 Å². The summed E-state index contributed by atoms with van der Waals surface area (Å²) >= 11 is 0. The molecule has 0 radical (unpaired) electrons.